The van der Waals surface area contributed by atoms with Gasteiger partial charge in [0.1, 0.15) is 0 Å². The van der Waals surface area contributed by atoms with Crippen molar-refractivity contribution in [3.8, 4) is 0 Å². The van der Waals surface area contributed by atoms with Gasteiger partial charge in [-0.15, -0.1) is 0 Å². The van der Waals surface area contributed by atoms with E-state index in [1.54, 1.807) is 0 Å². The molecule has 3 rings (SSSR count). The molecule has 0 aliphatic carbocycles. The number of nitrogens with one attached hydrogen (secondary N) is 1. The van der Waals surface area contributed by atoms with Gasteiger partial charge < -0.3 is 10.2 Å². The lowest BCUT2D eigenvalue weighted by Crippen LogP contribution is -2.35. The minimum Gasteiger partial charge on any atom is -0.352 e. The van der Waals surface area contributed by atoms with Crippen LogP contribution < -0.4 is 5.32 Å². The fraction of sp³-hybridized carbons (Fsp3) is 0.476. The molecule has 0 bridgehead atoms. The van der Waals surface area contributed by atoms with Crippen LogP contribution in [-0.4, -0.2) is 37.0 Å². The summed E-state index contributed by atoms with van der Waals surface area (Å²) in [6.45, 7) is 8.67. The van der Waals surface area contributed by atoms with E-state index >= 15 is 0 Å². The summed E-state index contributed by atoms with van der Waals surface area (Å²) in [6, 6.07) is 12.3. The number of nitrogens with zero attached hydrogens (tertiary/aromatic N) is 1. The van der Waals surface area contributed by atoms with Gasteiger partial charge in [0.2, 0.25) is 0 Å². The van der Waals surface area contributed by atoms with Crippen LogP contribution >= 0.6 is 0 Å². The number of likely N-dealkylation sites (tertiary alicyclic amines) is 1. The molecule has 0 spiro atoms. The largest absolute Gasteiger partial charge is 0.352 e. The maximum atomic E-state index is 12.3. The van der Waals surface area contributed by atoms with Crippen molar-refractivity contribution >= 4 is 16.7 Å². The van der Waals surface area contributed by atoms with Crippen LogP contribution in [0.25, 0.3) is 10.8 Å². The second-order valence-electron chi connectivity index (χ2n) is 7.20. The van der Waals surface area contributed by atoms with E-state index in [2.05, 4.69) is 42.3 Å². The van der Waals surface area contributed by atoms with E-state index in [0.29, 0.717) is 0 Å². The zero-order valence-electron chi connectivity index (χ0n) is 14.8. The van der Waals surface area contributed by atoms with Gasteiger partial charge in [-0.2, -0.15) is 0 Å². The first-order valence-electron chi connectivity index (χ1n) is 9.13. The molecule has 1 aliphatic heterocycles. The van der Waals surface area contributed by atoms with Gasteiger partial charge in [0.15, 0.2) is 0 Å². The highest BCUT2D eigenvalue weighted by atomic mass is 16.1. The van der Waals surface area contributed by atoms with Crippen molar-refractivity contribution in [2.75, 3.05) is 26.2 Å². The van der Waals surface area contributed by atoms with Crippen LogP contribution in [0.5, 0.6) is 0 Å². The molecule has 128 valence electrons. The highest BCUT2D eigenvalue weighted by molar-refractivity contribution is 5.98. The summed E-state index contributed by atoms with van der Waals surface area (Å²) in [5.41, 5.74) is 1.99. The minimum absolute atomic E-state index is 0.0322. The Hall–Kier alpha value is -1.87. The van der Waals surface area contributed by atoms with Gasteiger partial charge in [-0.3, -0.25) is 4.79 Å². The molecular formula is C21H28N2O. The molecular weight excluding hydrogens is 296 g/mol. The maximum absolute atomic E-state index is 12.3. The van der Waals surface area contributed by atoms with Gasteiger partial charge in [-0.1, -0.05) is 36.8 Å². The van der Waals surface area contributed by atoms with E-state index in [1.165, 1.54) is 36.9 Å². The summed E-state index contributed by atoms with van der Waals surface area (Å²) >= 11 is 0. The molecule has 0 unspecified atom stereocenters. The number of aryl methyl sites for hydroxylation is 1. The number of rotatable bonds is 5. The summed E-state index contributed by atoms with van der Waals surface area (Å²) in [5.74, 6) is 0.905. The highest BCUT2D eigenvalue weighted by Gasteiger charge is 2.15. The van der Waals surface area contributed by atoms with Crippen LogP contribution in [-0.2, 0) is 0 Å². The Balaban J connectivity index is 1.47. The molecule has 0 radical (unpaired) electrons. The predicted molar refractivity (Wildman–Crippen MR) is 100 cm³/mol. The molecule has 0 aromatic heterocycles. The molecule has 1 amide bonds. The molecule has 3 heteroatoms. The molecule has 0 saturated carbocycles. The van der Waals surface area contributed by atoms with Gasteiger partial charge in [0.05, 0.1) is 0 Å². The fourth-order valence-corrected chi connectivity index (χ4v) is 3.40. The van der Waals surface area contributed by atoms with Crippen LogP contribution in [0.4, 0.5) is 0 Å². The molecule has 2 aromatic rings. The van der Waals surface area contributed by atoms with Gasteiger partial charge in [-0.05, 0) is 74.6 Å². The van der Waals surface area contributed by atoms with E-state index in [1.807, 2.05) is 18.2 Å². The smallest absolute Gasteiger partial charge is 0.251 e. The lowest BCUT2D eigenvalue weighted by Gasteiger charge is -2.30. The molecule has 1 saturated heterocycles. The first kappa shape index (κ1) is 17.0. The Labute approximate surface area is 145 Å². The minimum atomic E-state index is 0.0322. The highest BCUT2D eigenvalue weighted by Crippen LogP contribution is 2.18. The van der Waals surface area contributed by atoms with E-state index < -0.39 is 0 Å². The lowest BCUT2D eigenvalue weighted by molar-refractivity contribution is 0.0950. The van der Waals surface area contributed by atoms with Crippen LogP contribution in [0.3, 0.4) is 0 Å². The van der Waals surface area contributed by atoms with E-state index in [0.717, 1.165) is 36.4 Å². The zero-order valence-corrected chi connectivity index (χ0v) is 14.8. The summed E-state index contributed by atoms with van der Waals surface area (Å²) < 4.78 is 0. The molecule has 3 nitrogen and oxygen atoms in total. The predicted octanol–water partition coefficient (Wildman–Crippen LogP) is 4.00. The average Bonchev–Trinajstić information content (AvgIpc) is 2.59. The topological polar surface area (TPSA) is 32.3 Å². The average molecular weight is 324 g/mol. The number of carbonyl (C=O) groups is 1. The molecule has 0 atom stereocenters. The van der Waals surface area contributed by atoms with Crippen LogP contribution in [0.2, 0.25) is 0 Å². The Morgan fingerprint density at radius 2 is 1.83 bits per heavy atom. The number of piperidine rings is 1. The molecule has 24 heavy (non-hydrogen) atoms. The second-order valence-corrected chi connectivity index (χ2v) is 7.20. The van der Waals surface area contributed by atoms with Crippen molar-refractivity contribution in [3.05, 3.63) is 47.5 Å². The number of hydrogen-bond donors (Lipinski definition) is 1. The van der Waals surface area contributed by atoms with E-state index in [9.17, 15) is 4.79 Å². The quantitative estimate of drug-likeness (QED) is 0.843. The zero-order chi connectivity index (χ0) is 16.9. The first-order chi connectivity index (χ1) is 11.6. The summed E-state index contributed by atoms with van der Waals surface area (Å²) in [4.78, 5) is 14.8. The number of carbonyl (C=O) groups excluding carboxylic acids is 1. The van der Waals surface area contributed by atoms with Crippen LogP contribution in [0, 0.1) is 12.8 Å². The number of amides is 1. The monoisotopic (exact) mass is 324 g/mol. The maximum Gasteiger partial charge on any atom is 0.251 e. The SMILES string of the molecule is Cc1ccc2cc(C(=O)NCCCN3CCC(C)CC3)ccc2c1. The second kappa shape index (κ2) is 7.80. The normalized spacial score (nSPS) is 16.4. The Bertz CT molecular complexity index is 702. The van der Waals surface area contributed by atoms with Crippen molar-refractivity contribution in [3.63, 3.8) is 0 Å². The fourth-order valence-electron chi connectivity index (χ4n) is 3.40. The molecule has 1 N–H and O–H groups in total. The van der Waals surface area contributed by atoms with Crippen LogP contribution in [0.1, 0.15) is 42.1 Å². The van der Waals surface area contributed by atoms with Crippen molar-refractivity contribution in [2.24, 2.45) is 5.92 Å². The van der Waals surface area contributed by atoms with Crippen molar-refractivity contribution in [2.45, 2.75) is 33.1 Å². The number of fused-ring (bicyclic) bond motifs is 1. The van der Waals surface area contributed by atoms with Gasteiger partial charge in [0.25, 0.3) is 5.91 Å². The molecule has 1 fully saturated rings. The van der Waals surface area contributed by atoms with Crippen LogP contribution in [0.15, 0.2) is 36.4 Å². The first-order valence-corrected chi connectivity index (χ1v) is 9.13. The van der Waals surface area contributed by atoms with E-state index in [-0.39, 0.29) is 5.91 Å². The summed E-state index contributed by atoms with van der Waals surface area (Å²) in [7, 11) is 0. The lowest BCUT2D eigenvalue weighted by atomic mass is 9.99. The van der Waals surface area contributed by atoms with Crippen molar-refractivity contribution in [1.82, 2.24) is 10.2 Å². The molecule has 1 aliphatic rings. The third kappa shape index (κ3) is 4.35. The van der Waals surface area contributed by atoms with Gasteiger partial charge in [0, 0.05) is 12.1 Å². The Morgan fingerprint density at radius 1 is 1.12 bits per heavy atom. The van der Waals surface area contributed by atoms with Gasteiger partial charge in [-0.25, -0.2) is 0 Å². The molecule has 2 aromatic carbocycles. The number of benzene rings is 2. The summed E-state index contributed by atoms with van der Waals surface area (Å²) in [5, 5.41) is 5.36. The van der Waals surface area contributed by atoms with Crippen molar-refractivity contribution < 1.29 is 4.79 Å². The van der Waals surface area contributed by atoms with Crippen molar-refractivity contribution in [1.29, 1.82) is 0 Å². The Morgan fingerprint density at radius 3 is 2.62 bits per heavy atom. The number of hydrogen-bond acceptors (Lipinski definition) is 2. The van der Waals surface area contributed by atoms with E-state index in [4.69, 9.17) is 0 Å². The Kier molecular flexibility index (Phi) is 5.52. The van der Waals surface area contributed by atoms with Gasteiger partial charge >= 0.3 is 0 Å². The summed E-state index contributed by atoms with van der Waals surface area (Å²) in [6.07, 6.45) is 3.64. The third-order valence-corrected chi connectivity index (χ3v) is 5.07. The molecule has 1 heterocycles. The standard InChI is InChI=1S/C21H28N2O/c1-16-8-12-23(13-9-16)11-3-10-22-21(24)20-7-6-18-14-17(2)4-5-19(18)15-20/h4-7,14-16H,3,8-13H2,1-2H3,(H,22,24). The third-order valence-electron chi connectivity index (χ3n) is 5.07.